The van der Waals surface area contributed by atoms with Crippen molar-refractivity contribution < 1.29 is 9.53 Å². The van der Waals surface area contributed by atoms with Crippen LogP contribution in [0.25, 0.3) is 10.8 Å². The van der Waals surface area contributed by atoms with Crippen LogP contribution in [0.4, 0.5) is 5.69 Å². The second-order valence-corrected chi connectivity index (χ2v) is 5.87. The maximum atomic E-state index is 12.2. The molecule has 0 bridgehead atoms. The number of carbonyl (C=O) groups excluding carboxylic acids is 1. The van der Waals surface area contributed by atoms with Crippen LogP contribution in [0.1, 0.15) is 29.3 Å². The van der Waals surface area contributed by atoms with Crippen LogP contribution < -0.4 is 15.9 Å². The number of nitrogens with zero attached hydrogens (tertiary/aromatic N) is 1. The molecule has 3 rings (SSSR count). The lowest BCUT2D eigenvalue weighted by atomic mass is 10.0. The third-order valence-electron chi connectivity index (χ3n) is 3.92. The van der Waals surface area contributed by atoms with E-state index in [1.54, 1.807) is 30.5 Å². The second-order valence-electron chi connectivity index (χ2n) is 5.87. The van der Waals surface area contributed by atoms with Crippen molar-refractivity contribution in [2.45, 2.75) is 13.3 Å². The Labute approximate surface area is 152 Å². The summed E-state index contributed by atoms with van der Waals surface area (Å²) in [5.41, 5.74) is 10.1. The highest BCUT2D eigenvalue weighted by atomic mass is 16.5. The molecular weight excluding hydrogens is 326 g/mol. The van der Waals surface area contributed by atoms with Gasteiger partial charge >= 0.3 is 0 Å². The van der Waals surface area contributed by atoms with Gasteiger partial charge in [0.2, 0.25) is 0 Å². The number of hydrogen-bond donors (Lipinski definition) is 2. The van der Waals surface area contributed by atoms with Crippen molar-refractivity contribution in [2.75, 3.05) is 12.3 Å². The Morgan fingerprint density at radius 3 is 2.65 bits per heavy atom. The molecule has 0 aliphatic heterocycles. The summed E-state index contributed by atoms with van der Waals surface area (Å²) in [6.45, 7) is 2.68. The Hall–Kier alpha value is -3.34. The first kappa shape index (κ1) is 17.5. The summed E-state index contributed by atoms with van der Waals surface area (Å²) in [7, 11) is 0. The molecule has 0 atom stereocenters. The molecule has 1 amide bonds. The summed E-state index contributed by atoms with van der Waals surface area (Å²) in [5, 5.41) is 6.23. The number of hydrogen-bond acceptors (Lipinski definition) is 4. The van der Waals surface area contributed by atoms with Crippen molar-refractivity contribution >= 4 is 28.6 Å². The fourth-order valence-electron chi connectivity index (χ4n) is 2.60. The number of amides is 1. The van der Waals surface area contributed by atoms with E-state index in [2.05, 4.69) is 17.5 Å². The number of hydrazone groups is 1. The molecular formula is C21H21N3O2. The van der Waals surface area contributed by atoms with Crippen LogP contribution in [0, 0.1) is 0 Å². The van der Waals surface area contributed by atoms with E-state index in [4.69, 9.17) is 10.5 Å². The number of fused-ring (bicyclic) bond motifs is 1. The fraction of sp³-hybridized carbons (Fsp3) is 0.143. The van der Waals surface area contributed by atoms with Crippen molar-refractivity contribution in [1.82, 2.24) is 5.43 Å². The Morgan fingerprint density at radius 1 is 1.12 bits per heavy atom. The molecule has 0 aliphatic carbocycles. The zero-order valence-corrected chi connectivity index (χ0v) is 14.6. The lowest BCUT2D eigenvalue weighted by molar-refractivity contribution is 0.0955. The fourth-order valence-corrected chi connectivity index (χ4v) is 2.60. The highest BCUT2D eigenvalue weighted by Gasteiger charge is 2.08. The van der Waals surface area contributed by atoms with Crippen molar-refractivity contribution in [2.24, 2.45) is 5.10 Å². The molecule has 5 nitrogen and oxygen atoms in total. The summed E-state index contributed by atoms with van der Waals surface area (Å²) >= 11 is 0. The number of nitrogens with two attached hydrogens (primary N) is 1. The Morgan fingerprint density at radius 2 is 1.88 bits per heavy atom. The van der Waals surface area contributed by atoms with E-state index in [1.807, 2.05) is 36.4 Å². The summed E-state index contributed by atoms with van der Waals surface area (Å²) in [4.78, 5) is 12.2. The Balaban J connectivity index is 1.85. The molecule has 3 aromatic carbocycles. The third kappa shape index (κ3) is 4.00. The van der Waals surface area contributed by atoms with Gasteiger partial charge in [0.25, 0.3) is 5.91 Å². The van der Waals surface area contributed by atoms with Gasteiger partial charge < -0.3 is 10.5 Å². The molecule has 0 heterocycles. The molecule has 0 fully saturated rings. The van der Waals surface area contributed by atoms with Crippen LogP contribution in [0.2, 0.25) is 0 Å². The standard InChI is InChI=1S/C21H21N3O2/c1-2-13-26-20-12-9-15-5-3-4-6-18(15)19(20)14-23-24-21(25)16-7-10-17(22)11-8-16/h3-12,14H,2,13,22H2,1H3,(H,24,25)/b23-14-. The topological polar surface area (TPSA) is 76.7 Å². The van der Waals surface area contributed by atoms with Gasteiger partial charge in [-0.25, -0.2) is 5.43 Å². The summed E-state index contributed by atoms with van der Waals surface area (Å²) in [6.07, 6.45) is 2.54. The molecule has 0 saturated carbocycles. The van der Waals surface area contributed by atoms with Crippen LogP contribution in [-0.2, 0) is 0 Å². The van der Waals surface area contributed by atoms with Gasteiger partial charge in [0, 0.05) is 16.8 Å². The van der Waals surface area contributed by atoms with E-state index in [0.717, 1.165) is 28.5 Å². The van der Waals surface area contributed by atoms with Crippen molar-refractivity contribution in [3.63, 3.8) is 0 Å². The van der Waals surface area contributed by atoms with E-state index in [-0.39, 0.29) is 5.91 Å². The molecule has 132 valence electrons. The van der Waals surface area contributed by atoms with Crippen molar-refractivity contribution in [1.29, 1.82) is 0 Å². The van der Waals surface area contributed by atoms with Gasteiger partial charge in [-0.2, -0.15) is 5.10 Å². The Bertz CT molecular complexity index is 934. The maximum absolute atomic E-state index is 12.2. The summed E-state index contributed by atoms with van der Waals surface area (Å²) in [6, 6.07) is 18.6. The number of anilines is 1. The van der Waals surface area contributed by atoms with Gasteiger partial charge in [0.15, 0.2) is 0 Å². The molecule has 0 radical (unpaired) electrons. The minimum absolute atomic E-state index is 0.294. The molecule has 0 spiro atoms. The van der Waals surface area contributed by atoms with Gasteiger partial charge in [-0.05, 0) is 47.5 Å². The predicted molar refractivity (Wildman–Crippen MR) is 106 cm³/mol. The number of carbonyl (C=O) groups is 1. The van der Waals surface area contributed by atoms with E-state index < -0.39 is 0 Å². The first-order valence-corrected chi connectivity index (χ1v) is 8.52. The average Bonchev–Trinajstić information content (AvgIpc) is 2.67. The minimum Gasteiger partial charge on any atom is -0.493 e. The van der Waals surface area contributed by atoms with Crippen LogP contribution in [0.15, 0.2) is 65.8 Å². The number of ether oxygens (including phenoxy) is 1. The molecule has 0 unspecified atom stereocenters. The monoisotopic (exact) mass is 347 g/mol. The van der Waals surface area contributed by atoms with Gasteiger partial charge in [0.1, 0.15) is 5.75 Å². The van der Waals surface area contributed by atoms with Gasteiger partial charge in [-0.1, -0.05) is 37.3 Å². The van der Waals surface area contributed by atoms with E-state index >= 15 is 0 Å². The summed E-state index contributed by atoms with van der Waals surface area (Å²) in [5.74, 6) is 0.452. The Kier molecular flexibility index (Phi) is 5.49. The van der Waals surface area contributed by atoms with Gasteiger partial charge in [-0.15, -0.1) is 0 Å². The van der Waals surface area contributed by atoms with Crippen LogP contribution in [0.5, 0.6) is 5.75 Å². The molecule has 0 aromatic heterocycles. The molecule has 26 heavy (non-hydrogen) atoms. The van der Waals surface area contributed by atoms with E-state index in [1.165, 1.54) is 0 Å². The second kappa shape index (κ2) is 8.16. The van der Waals surface area contributed by atoms with Gasteiger partial charge in [-0.3, -0.25) is 4.79 Å². The van der Waals surface area contributed by atoms with Crippen LogP contribution in [0.3, 0.4) is 0 Å². The number of rotatable bonds is 6. The number of nitrogen functional groups attached to an aromatic ring is 1. The SMILES string of the molecule is CCCOc1ccc2ccccc2c1/C=N\NC(=O)c1ccc(N)cc1. The van der Waals surface area contributed by atoms with Crippen LogP contribution in [-0.4, -0.2) is 18.7 Å². The zero-order chi connectivity index (χ0) is 18.4. The maximum Gasteiger partial charge on any atom is 0.271 e. The largest absolute Gasteiger partial charge is 0.493 e. The first-order chi connectivity index (χ1) is 12.7. The smallest absolute Gasteiger partial charge is 0.271 e. The van der Waals surface area contributed by atoms with E-state index in [9.17, 15) is 4.79 Å². The average molecular weight is 347 g/mol. The molecule has 3 aromatic rings. The highest BCUT2D eigenvalue weighted by Crippen LogP contribution is 2.26. The van der Waals surface area contributed by atoms with E-state index in [0.29, 0.717) is 17.9 Å². The minimum atomic E-state index is -0.294. The zero-order valence-electron chi connectivity index (χ0n) is 14.6. The first-order valence-electron chi connectivity index (χ1n) is 8.52. The van der Waals surface area contributed by atoms with Crippen LogP contribution >= 0.6 is 0 Å². The quantitative estimate of drug-likeness (QED) is 0.402. The van der Waals surface area contributed by atoms with Crippen molar-refractivity contribution in [3.8, 4) is 5.75 Å². The number of nitrogens with one attached hydrogen (secondary N) is 1. The normalized spacial score (nSPS) is 11.0. The highest BCUT2D eigenvalue weighted by molar-refractivity contribution is 6.03. The molecule has 0 aliphatic rings. The van der Waals surface area contributed by atoms with Gasteiger partial charge in [0.05, 0.1) is 12.8 Å². The van der Waals surface area contributed by atoms with Crippen molar-refractivity contribution in [3.05, 3.63) is 71.8 Å². The number of benzene rings is 3. The lowest BCUT2D eigenvalue weighted by Crippen LogP contribution is -2.17. The molecule has 3 N–H and O–H groups in total. The summed E-state index contributed by atoms with van der Waals surface area (Å²) < 4.78 is 5.83. The predicted octanol–water partition coefficient (Wildman–Crippen LogP) is 3.97. The molecule has 0 saturated heterocycles. The lowest BCUT2D eigenvalue weighted by Gasteiger charge is -2.11. The molecule has 5 heteroatoms. The third-order valence-corrected chi connectivity index (χ3v) is 3.92.